The summed E-state index contributed by atoms with van der Waals surface area (Å²) in [5, 5.41) is 0. The summed E-state index contributed by atoms with van der Waals surface area (Å²) in [6, 6.07) is 0. The molecule has 0 spiro atoms. The van der Waals surface area contributed by atoms with Gasteiger partial charge in [0.1, 0.15) is 0 Å². The van der Waals surface area contributed by atoms with Gasteiger partial charge in [0.25, 0.3) is 0 Å². The molecule has 0 aliphatic carbocycles. The summed E-state index contributed by atoms with van der Waals surface area (Å²) in [6.45, 7) is 0. The monoisotopic (exact) mass is 333 g/mol. The van der Waals surface area contributed by atoms with Crippen LogP contribution in [0.3, 0.4) is 0 Å². The van der Waals surface area contributed by atoms with Crippen molar-refractivity contribution < 1.29 is 11.5 Å². The zero-order valence-electron chi connectivity index (χ0n) is 1.86. The first kappa shape index (κ1) is 9.29. The van der Waals surface area contributed by atoms with Crippen LogP contribution < -0.4 is 0 Å². The maximum atomic E-state index is 4.18. The summed E-state index contributed by atoms with van der Waals surface area (Å²) in [7, 11) is 8.35. The number of rotatable bonds is 0. The summed E-state index contributed by atoms with van der Waals surface area (Å²) in [4.78, 5) is 0. The van der Waals surface area contributed by atoms with E-state index in [4.69, 9.17) is 0 Å². The molecule has 0 bridgehead atoms. The first-order chi connectivity index (χ1) is 1.41. The van der Waals surface area contributed by atoms with Gasteiger partial charge in [-0.2, -0.15) is 0 Å². The number of hydrogen-bond acceptors (Lipinski definition) is 2. The third kappa shape index (κ3) is 9.12. The van der Waals surface area contributed by atoms with E-state index in [2.05, 4.69) is 21.2 Å². The van der Waals surface area contributed by atoms with Crippen molar-refractivity contribution in [2.75, 3.05) is 0 Å². The van der Waals surface area contributed by atoms with Crippen molar-refractivity contribution in [2.24, 2.45) is 0 Å². The molecule has 0 aromatic heterocycles. The Balaban J connectivity index is 0. The maximum absolute atomic E-state index is 4.18. The molecular weight excluding hydrogens is 330 g/mol. The molecule has 0 fully saturated rings. The van der Waals surface area contributed by atoms with Crippen LogP contribution in [0.4, 0.5) is 0 Å². The van der Waals surface area contributed by atoms with Crippen molar-refractivity contribution in [3.05, 3.63) is 0 Å². The molecule has 27 valence electrons. The summed E-state index contributed by atoms with van der Waals surface area (Å²) in [5.74, 6) is 0. The van der Waals surface area contributed by atoms with E-state index in [1.54, 1.807) is 0 Å². The third-order valence-electron chi connectivity index (χ3n) is 0. The number of hydrogen-bond donors (Lipinski definition) is 0. The van der Waals surface area contributed by atoms with Crippen LogP contribution in [0, 0.1) is 0 Å². The Morgan fingerprint density at radius 3 is 1.25 bits per heavy atom. The fourth-order valence-corrected chi connectivity index (χ4v) is 0. The Bertz CT molecular complexity index is 27.0. The van der Waals surface area contributed by atoms with E-state index in [0.29, 0.717) is 11.5 Å². The first-order valence-corrected chi connectivity index (χ1v) is 3.37. The van der Waals surface area contributed by atoms with E-state index in [0.717, 1.165) is 0 Å². The SMILES string of the molecule is [PbH2].[S]=[Co]=[S]. The molecule has 4 heavy (non-hydrogen) atoms. The standard InChI is InChI=1S/Co.Pb.2S.2H. The average Bonchev–Trinajstić information content (AvgIpc) is 0.918. The van der Waals surface area contributed by atoms with Gasteiger partial charge in [-0.3, -0.25) is 0 Å². The summed E-state index contributed by atoms with van der Waals surface area (Å²) in [6.07, 6.45) is 0. The van der Waals surface area contributed by atoms with Crippen LogP contribution in [0.5, 0.6) is 0 Å². The van der Waals surface area contributed by atoms with Gasteiger partial charge in [0.2, 0.25) is 0 Å². The van der Waals surface area contributed by atoms with Crippen molar-refractivity contribution in [3.8, 4) is 0 Å². The van der Waals surface area contributed by atoms with Gasteiger partial charge in [-0.05, 0) is 0 Å². The molecule has 0 rings (SSSR count). The molecule has 0 unspecified atom stereocenters. The molecule has 0 heterocycles. The van der Waals surface area contributed by atoms with Crippen molar-refractivity contribution in [1.82, 2.24) is 0 Å². The zero-order valence-corrected chi connectivity index (χ0v) is 10.0. The Kier molecular flexibility index (Phi) is 20.6. The molecule has 0 atom stereocenters. The van der Waals surface area contributed by atoms with Crippen LogP contribution in [0.25, 0.3) is 0 Å². The van der Waals surface area contributed by atoms with Gasteiger partial charge in [-0.25, -0.2) is 0 Å². The van der Waals surface area contributed by atoms with Crippen molar-refractivity contribution >= 4 is 48.5 Å². The van der Waals surface area contributed by atoms with Gasteiger partial charge in [0, 0.05) is 0 Å². The van der Waals surface area contributed by atoms with Gasteiger partial charge in [-0.15, -0.1) is 0 Å². The zero-order chi connectivity index (χ0) is 2.71. The van der Waals surface area contributed by atoms with Gasteiger partial charge in [0.15, 0.2) is 0 Å². The summed E-state index contributed by atoms with van der Waals surface area (Å²) < 4.78 is 0. The molecule has 2 radical (unpaired) electrons. The topological polar surface area (TPSA) is 0 Å². The molecule has 0 N–H and O–H groups in total. The van der Waals surface area contributed by atoms with Gasteiger partial charge in [0.05, 0.1) is 0 Å². The molecular formula is H2CoPbS2. The molecule has 0 aliphatic heterocycles. The van der Waals surface area contributed by atoms with E-state index in [-0.39, 0.29) is 27.3 Å². The predicted octanol–water partition coefficient (Wildman–Crippen LogP) is 0.378. The normalized spacial score (nSPS) is 4.00. The van der Waals surface area contributed by atoms with Crippen LogP contribution in [0.2, 0.25) is 0 Å². The minimum atomic E-state index is 0. The van der Waals surface area contributed by atoms with Crippen LogP contribution in [0.1, 0.15) is 0 Å². The summed E-state index contributed by atoms with van der Waals surface area (Å²) in [5.41, 5.74) is 0. The van der Waals surface area contributed by atoms with Gasteiger partial charge in [-0.1, -0.05) is 0 Å². The van der Waals surface area contributed by atoms with Crippen LogP contribution in [-0.2, 0) is 11.5 Å². The summed E-state index contributed by atoms with van der Waals surface area (Å²) >= 11 is 0.604. The van der Waals surface area contributed by atoms with Crippen LogP contribution >= 0.6 is 21.2 Å². The van der Waals surface area contributed by atoms with Crippen molar-refractivity contribution in [3.63, 3.8) is 0 Å². The Morgan fingerprint density at radius 1 is 1.25 bits per heavy atom. The third-order valence-corrected chi connectivity index (χ3v) is 0. The second-order valence-electron chi connectivity index (χ2n) is 0.0556. The fraction of sp³-hybridized carbons (Fsp3) is 0. The molecule has 0 aliphatic rings. The van der Waals surface area contributed by atoms with Crippen molar-refractivity contribution in [1.29, 1.82) is 0 Å². The Labute approximate surface area is 59.3 Å². The van der Waals surface area contributed by atoms with E-state index in [9.17, 15) is 0 Å². The quantitative estimate of drug-likeness (QED) is 0.588. The van der Waals surface area contributed by atoms with E-state index >= 15 is 0 Å². The van der Waals surface area contributed by atoms with Gasteiger partial charge < -0.3 is 0 Å². The molecule has 4 heteroatoms. The van der Waals surface area contributed by atoms with E-state index in [1.165, 1.54) is 0 Å². The van der Waals surface area contributed by atoms with Crippen LogP contribution in [-0.4, -0.2) is 27.3 Å². The molecule has 0 aromatic carbocycles. The first-order valence-electron chi connectivity index (χ1n) is 0.272. The molecule has 0 aromatic rings. The van der Waals surface area contributed by atoms with Crippen molar-refractivity contribution in [2.45, 2.75) is 0 Å². The second kappa shape index (κ2) is 8.85. The Morgan fingerprint density at radius 2 is 1.25 bits per heavy atom. The Hall–Kier alpha value is 1.87. The second-order valence-corrected chi connectivity index (χ2v) is 2.06. The predicted molar refractivity (Wildman–Crippen MR) is 23.7 cm³/mol. The van der Waals surface area contributed by atoms with E-state index < -0.39 is 0 Å². The minimum absolute atomic E-state index is 0. The molecule has 0 amide bonds. The average molecular weight is 332 g/mol. The van der Waals surface area contributed by atoms with E-state index in [1.807, 2.05) is 0 Å². The molecule has 0 nitrogen and oxygen atoms in total. The molecule has 0 saturated carbocycles. The van der Waals surface area contributed by atoms with Crippen LogP contribution in [0.15, 0.2) is 0 Å². The molecule has 0 saturated heterocycles. The van der Waals surface area contributed by atoms with Gasteiger partial charge >= 0.3 is 60.0 Å². The fourth-order valence-electron chi connectivity index (χ4n) is 0.